The molecule has 0 saturated carbocycles. The van der Waals surface area contributed by atoms with Crippen LogP contribution in [0.3, 0.4) is 0 Å². The lowest BCUT2D eigenvalue weighted by atomic mass is 10.0. The number of rotatable bonds is 3. The van der Waals surface area contributed by atoms with Crippen LogP contribution in [0.5, 0.6) is 0 Å². The summed E-state index contributed by atoms with van der Waals surface area (Å²) < 4.78 is 13.2. The van der Waals surface area contributed by atoms with Gasteiger partial charge in [-0.1, -0.05) is 27.5 Å². The van der Waals surface area contributed by atoms with Crippen molar-refractivity contribution in [3.05, 3.63) is 34.1 Å². The lowest BCUT2D eigenvalue weighted by molar-refractivity contribution is 0.0341. The molecule has 0 bridgehead atoms. The van der Waals surface area contributed by atoms with Crippen molar-refractivity contribution >= 4 is 27.5 Å². The first kappa shape index (κ1) is 12.9. The van der Waals surface area contributed by atoms with Crippen LogP contribution in [-0.2, 0) is 0 Å². The third-order valence-corrected chi connectivity index (χ3v) is 3.11. The van der Waals surface area contributed by atoms with Crippen LogP contribution in [-0.4, -0.2) is 21.6 Å². The molecule has 0 aliphatic rings. The average Bonchev–Trinajstić information content (AvgIpc) is 2.21. The summed E-state index contributed by atoms with van der Waals surface area (Å²) in [5.41, 5.74) is 0.607. The summed E-state index contributed by atoms with van der Waals surface area (Å²) in [6.45, 7) is 1.58. The summed E-state index contributed by atoms with van der Waals surface area (Å²) in [7, 11) is 0. The highest BCUT2D eigenvalue weighted by Crippen LogP contribution is 2.28. The lowest BCUT2D eigenvalue weighted by Crippen LogP contribution is -2.20. The molecule has 0 radical (unpaired) electrons. The van der Waals surface area contributed by atoms with Gasteiger partial charge in [-0.25, -0.2) is 4.39 Å². The van der Waals surface area contributed by atoms with Gasteiger partial charge >= 0.3 is 0 Å². The number of aliphatic hydroxyl groups excluding tert-OH is 2. The van der Waals surface area contributed by atoms with Crippen LogP contribution in [0.25, 0.3) is 0 Å². The molecule has 2 unspecified atom stereocenters. The molecule has 1 aromatic rings. The standard InChI is InChI=1S/C10H11BrClFO2/c1-5-2-7(12)6(3-8(5)13)10(15)9(14)4-11/h2-3,9-10,14-15H,4H2,1H3. The van der Waals surface area contributed by atoms with E-state index in [1.54, 1.807) is 6.92 Å². The summed E-state index contributed by atoms with van der Waals surface area (Å²) >= 11 is 8.87. The zero-order chi connectivity index (χ0) is 11.6. The molecule has 1 rings (SSSR count). The fraction of sp³-hybridized carbons (Fsp3) is 0.400. The Kier molecular flexibility index (Phi) is 4.52. The largest absolute Gasteiger partial charge is 0.389 e. The Morgan fingerprint density at radius 1 is 1.47 bits per heavy atom. The summed E-state index contributed by atoms with van der Waals surface area (Å²) in [5, 5.41) is 19.5. The van der Waals surface area contributed by atoms with Crippen LogP contribution in [0.15, 0.2) is 12.1 Å². The maximum Gasteiger partial charge on any atom is 0.126 e. The summed E-state index contributed by atoms with van der Waals surface area (Å²) in [4.78, 5) is 0. The highest BCUT2D eigenvalue weighted by atomic mass is 79.9. The van der Waals surface area contributed by atoms with E-state index in [2.05, 4.69) is 15.9 Å². The molecule has 0 aliphatic heterocycles. The highest BCUT2D eigenvalue weighted by Gasteiger charge is 2.20. The Hall–Kier alpha value is -0.160. The Morgan fingerprint density at radius 2 is 2.07 bits per heavy atom. The molecular formula is C10H11BrClFO2. The second kappa shape index (κ2) is 5.25. The van der Waals surface area contributed by atoms with Gasteiger partial charge < -0.3 is 10.2 Å². The van der Waals surface area contributed by atoms with Crippen molar-refractivity contribution in [2.75, 3.05) is 5.33 Å². The van der Waals surface area contributed by atoms with E-state index < -0.39 is 18.0 Å². The molecule has 2 nitrogen and oxygen atoms in total. The van der Waals surface area contributed by atoms with Crippen LogP contribution >= 0.6 is 27.5 Å². The van der Waals surface area contributed by atoms with Crippen molar-refractivity contribution in [1.29, 1.82) is 0 Å². The monoisotopic (exact) mass is 296 g/mol. The molecule has 1 aromatic carbocycles. The van der Waals surface area contributed by atoms with Gasteiger partial charge in [-0.3, -0.25) is 0 Å². The molecular weight excluding hydrogens is 286 g/mol. The molecule has 0 saturated heterocycles. The number of aliphatic hydroxyl groups is 2. The van der Waals surface area contributed by atoms with Crippen molar-refractivity contribution in [2.45, 2.75) is 19.1 Å². The second-order valence-corrected chi connectivity index (χ2v) is 4.34. The normalized spacial score (nSPS) is 15.1. The van der Waals surface area contributed by atoms with Gasteiger partial charge in [-0.15, -0.1) is 0 Å². The van der Waals surface area contributed by atoms with Crippen molar-refractivity contribution in [1.82, 2.24) is 0 Å². The zero-order valence-electron chi connectivity index (χ0n) is 8.04. The summed E-state index contributed by atoms with van der Waals surface area (Å²) in [5.74, 6) is -0.449. The van der Waals surface area contributed by atoms with Gasteiger partial charge in [0.05, 0.1) is 6.10 Å². The molecule has 0 fully saturated rings. The van der Waals surface area contributed by atoms with Crippen molar-refractivity contribution in [3.63, 3.8) is 0 Å². The van der Waals surface area contributed by atoms with Gasteiger partial charge in [-0.05, 0) is 24.6 Å². The highest BCUT2D eigenvalue weighted by molar-refractivity contribution is 9.09. The fourth-order valence-electron chi connectivity index (χ4n) is 1.18. The van der Waals surface area contributed by atoms with Crippen LogP contribution in [0.4, 0.5) is 4.39 Å². The summed E-state index contributed by atoms with van der Waals surface area (Å²) in [6.07, 6.45) is -2.20. The van der Waals surface area contributed by atoms with Crippen molar-refractivity contribution in [3.8, 4) is 0 Å². The second-order valence-electron chi connectivity index (χ2n) is 3.29. The summed E-state index contributed by atoms with van der Waals surface area (Å²) in [6, 6.07) is 2.57. The molecule has 0 aliphatic carbocycles. The van der Waals surface area contributed by atoms with E-state index in [9.17, 15) is 14.6 Å². The zero-order valence-corrected chi connectivity index (χ0v) is 10.4. The number of hydrogen-bond acceptors (Lipinski definition) is 2. The molecule has 0 heterocycles. The van der Waals surface area contributed by atoms with E-state index in [-0.39, 0.29) is 15.9 Å². The average molecular weight is 298 g/mol. The van der Waals surface area contributed by atoms with Crippen molar-refractivity contribution < 1.29 is 14.6 Å². The first-order valence-corrected chi connectivity index (χ1v) is 5.85. The van der Waals surface area contributed by atoms with E-state index in [0.717, 1.165) is 6.07 Å². The molecule has 2 N–H and O–H groups in total. The minimum atomic E-state index is -1.19. The predicted octanol–water partition coefficient (Wildman–Crippen LogP) is 2.58. The van der Waals surface area contributed by atoms with E-state index in [4.69, 9.17) is 11.6 Å². The van der Waals surface area contributed by atoms with Gasteiger partial charge in [0.25, 0.3) is 0 Å². The number of aryl methyl sites for hydroxylation is 1. The van der Waals surface area contributed by atoms with Gasteiger partial charge in [0.1, 0.15) is 11.9 Å². The third-order valence-electron chi connectivity index (χ3n) is 2.12. The van der Waals surface area contributed by atoms with Gasteiger partial charge in [0.15, 0.2) is 0 Å². The Morgan fingerprint density at radius 3 is 2.60 bits per heavy atom. The molecule has 0 amide bonds. The van der Waals surface area contributed by atoms with Crippen LogP contribution in [0, 0.1) is 12.7 Å². The number of alkyl halides is 1. The number of benzene rings is 1. The third kappa shape index (κ3) is 2.91. The van der Waals surface area contributed by atoms with Crippen LogP contribution < -0.4 is 0 Å². The Bertz CT molecular complexity index is 360. The topological polar surface area (TPSA) is 40.5 Å². The van der Waals surface area contributed by atoms with Gasteiger partial charge in [0.2, 0.25) is 0 Å². The smallest absolute Gasteiger partial charge is 0.126 e. The van der Waals surface area contributed by atoms with Crippen molar-refractivity contribution in [2.24, 2.45) is 0 Å². The number of hydrogen-bond donors (Lipinski definition) is 2. The quantitative estimate of drug-likeness (QED) is 0.842. The number of halogens is 3. The maximum atomic E-state index is 13.2. The first-order valence-electron chi connectivity index (χ1n) is 4.35. The van der Waals surface area contributed by atoms with E-state index in [0.29, 0.717) is 5.56 Å². The molecule has 0 aromatic heterocycles. The van der Waals surface area contributed by atoms with E-state index >= 15 is 0 Å². The lowest BCUT2D eigenvalue weighted by Gasteiger charge is -2.17. The fourth-order valence-corrected chi connectivity index (χ4v) is 1.86. The molecule has 15 heavy (non-hydrogen) atoms. The van der Waals surface area contributed by atoms with Gasteiger partial charge in [0, 0.05) is 15.9 Å². The maximum absolute atomic E-state index is 13.2. The minimum absolute atomic E-state index is 0.194. The molecule has 0 spiro atoms. The SMILES string of the molecule is Cc1cc(Cl)c(C(O)C(O)CBr)cc1F. The molecule has 5 heteroatoms. The van der Waals surface area contributed by atoms with E-state index in [1.807, 2.05) is 0 Å². The van der Waals surface area contributed by atoms with Crippen LogP contribution in [0.2, 0.25) is 5.02 Å². The van der Waals surface area contributed by atoms with E-state index in [1.165, 1.54) is 6.07 Å². The predicted molar refractivity (Wildman–Crippen MR) is 60.9 cm³/mol. The molecule has 84 valence electrons. The minimum Gasteiger partial charge on any atom is -0.389 e. The van der Waals surface area contributed by atoms with Gasteiger partial charge in [-0.2, -0.15) is 0 Å². The van der Waals surface area contributed by atoms with Crippen LogP contribution in [0.1, 0.15) is 17.2 Å². The first-order chi connectivity index (χ1) is 6.97. The Balaban J connectivity index is 3.09. The molecule has 2 atom stereocenters. The Labute approximate surface area is 101 Å².